The van der Waals surface area contributed by atoms with Crippen molar-refractivity contribution in [3.05, 3.63) is 64.4 Å². The van der Waals surface area contributed by atoms with Crippen LogP contribution in [-0.2, 0) is 10.0 Å². The van der Waals surface area contributed by atoms with E-state index in [-0.39, 0.29) is 10.7 Å². The SMILES string of the molecule is O=S(=O)(NN=Cc1ccc(F)cc1)c1ccc(Br)cc1. The molecule has 0 aliphatic heterocycles. The van der Waals surface area contributed by atoms with Gasteiger partial charge in [0, 0.05) is 4.47 Å². The molecule has 2 aromatic carbocycles. The van der Waals surface area contributed by atoms with Crippen molar-refractivity contribution in [2.45, 2.75) is 4.90 Å². The van der Waals surface area contributed by atoms with Crippen molar-refractivity contribution < 1.29 is 12.8 Å². The van der Waals surface area contributed by atoms with Crippen LogP contribution in [-0.4, -0.2) is 14.6 Å². The first-order valence-corrected chi connectivity index (χ1v) is 7.81. The lowest BCUT2D eigenvalue weighted by Crippen LogP contribution is -2.18. The van der Waals surface area contributed by atoms with Gasteiger partial charge in [0.1, 0.15) is 5.82 Å². The molecule has 0 radical (unpaired) electrons. The first-order chi connectivity index (χ1) is 9.47. The van der Waals surface area contributed by atoms with Crippen LogP contribution in [0.3, 0.4) is 0 Å². The maximum absolute atomic E-state index is 12.7. The highest BCUT2D eigenvalue weighted by atomic mass is 79.9. The second kappa shape index (κ2) is 6.15. The Morgan fingerprint density at radius 1 is 1.05 bits per heavy atom. The van der Waals surface area contributed by atoms with Gasteiger partial charge in [-0.25, -0.2) is 9.22 Å². The third-order valence-corrected chi connectivity index (χ3v) is 4.15. The predicted octanol–water partition coefficient (Wildman–Crippen LogP) is 2.90. The number of nitrogens with one attached hydrogen (secondary N) is 1. The summed E-state index contributed by atoms with van der Waals surface area (Å²) in [4.78, 5) is 2.20. The topological polar surface area (TPSA) is 58.5 Å². The largest absolute Gasteiger partial charge is 0.276 e. The lowest BCUT2D eigenvalue weighted by molar-refractivity contribution is 0.584. The van der Waals surface area contributed by atoms with E-state index in [9.17, 15) is 12.8 Å². The Kier molecular flexibility index (Phi) is 4.51. The van der Waals surface area contributed by atoms with E-state index in [2.05, 4.69) is 25.9 Å². The van der Waals surface area contributed by atoms with Gasteiger partial charge in [0.15, 0.2) is 0 Å². The lowest BCUT2D eigenvalue weighted by Gasteiger charge is -2.03. The van der Waals surface area contributed by atoms with Gasteiger partial charge in [0.25, 0.3) is 10.0 Å². The van der Waals surface area contributed by atoms with E-state index in [1.165, 1.54) is 42.6 Å². The molecule has 0 atom stereocenters. The van der Waals surface area contributed by atoms with E-state index in [1.54, 1.807) is 12.1 Å². The van der Waals surface area contributed by atoms with Crippen LogP contribution in [0.2, 0.25) is 0 Å². The number of rotatable bonds is 4. The fraction of sp³-hybridized carbons (Fsp3) is 0. The number of hydrogen-bond acceptors (Lipinski definition) is 3. The van der Waals surface area contributed by atoms with Crippen molar-refractivity contribution >= 4 is 32.2 Å². The summed E-state index contributed by atoms with van der Waals surface area (Å²) < 4.78 is 37.3. The van der Waals surface area contributed by atoms with Crippen LogP contribution in [0, 0.1) is 5.82 Å². The zero-order valence-electron chi connectivity index (χ0n) is 10.1. The monoisotopic (exact) mass is 356 g/mol. The van der Waals surface area contributed by atoms with Gasteiger partial charge in [-0.3, -0.25) is 0 Å². The first kappa shape index (κ1) is 14.7. The van der Waals surface area contributed by atoms with Gasteiger partial charge in [-0.05, 0) is 42.0 Å². The van der Waals surface area contributed by atoms with Crippen LogP contribution in [0.25, 0.3) is 0 Å². The maximum atomic E-state index is 12.7. The smallest absolute Gasteiger partial charge is 0.207 e. The van der Waals surface area contributed by atoms with Crippen LogP contribution in [0.5, 0.6) is 0 Å². The summed E-state index contributed by atoms with van der Waals surface area (Å²) in [6, 6.07) is 11.7. The van der Waals surface area contributed by atoms with E-state index in [1.807, 2.05) is 0 Å². The Balaban J connectivity index is 2.09. The van der Waals surface area contributed by atoms with Gasteiger partial charge in [-0.2, -0.15) is 13.5 Å². The first-order valence-electron chi connectivity index (χ1n) is 5.53. The number of hydrogen-bond donors (Lipinski definition) is 1. The van der Waals surface area contributed by atoms with Crippen molar-refractivity contribution in [2.24, 2.45) is 5.10 Å². The molecule has 0 aromatic heterocycles. The van der Waals surface area contributed by atoms with Crippen LogP contribution in [0.1, 0.15) is 5.56 Å². The van der Waals surface area contributed by atoms with Gasteiger partial charge >= 0.3 is 0 Å². The van der Waals surface area contributed by atoms with Crippen molar-refractivity contribution in [3.8, 4) is 0 Å². The zero-order valence-corrected chi connectivity index (χ0v) is 12.5. The summed E-state index contributed by atoms with van der Waals surface area (Å²) in [7, 11) is -3.70. The highest BCUT2D eigenvalue weighted by Gasteiger charge is 2.11. The van der Waals surface area contributed by atoms with E-state index in [0.717, 1.165) is 4.47 Å². The van der Waals surface area contributed by atoms with Crippen LogP contribution < -0.4 is 4.83 Å². The molecule has 0 saturated heterocycles. The molecule has 0 bridgehead atoms. The molecule has 1 N–H and O–H groups in total. The summed E-state index contributed by atoms with van der Waals surface area (Å²) in [5.74, 6) is -0.363. The highest BCUT2D eigenvalue weighted by molar-refractivity contribution is 9.10. The van der Waals surface area contributed by atoms with E-state index in [0.29, 0.717) is 5.56 Å². The molecule has 0 saturated carbocycles. The average Bonchev–Trinajstić information content (AvgIpc) is 2.41. The molecule has 4 nitrogen and oxygen atoms in total. The Morgan fingerprint density at radius 3 is 2.25 bits per heavy atom. The standard InChI is InChI=1S/C13H10BrFN2O2S/c14-11-3-7-13(8-4-11)20(18,19)17-16-9-10-1-5-12(15)6-2-10/h1-9,17H. The number of nitrogens with zero attached hydrogens (tertiary/aromatic N) is 1. The molecular formula is C13H10BrFN2O2S. The molecule has 0 heterocycles. The van der Waals surface area contributed by atoms with Crippen molar-refractivity contribution in [2.75, 3.05) is 0 Å². The molecule has 2 rings (SSSR count). The van der Waals surface area contributed by atoms with Crippen LogP contribution in [0.15, 0.2) is 63.0 Å². The highest BCUT2D eigenvalue weighted by Crippen LogP contribution is 2.14. The fourth-order valence-electron chi connectivity index (χ4n) is 1.39. The molecule has 0 aliphatic rings. The normalized spacial score (nSPS) is 11.7. The van der Waals surface area contributed by atoms with Crippen LogP contribution >= 0.6 is 15.9 Å². The second-order valence-electron chi connectivity index (χ2n) is 3.86. The third kappa shape index (κ3) is 3.88. The average molecular weight is 357 g/mol. The fourth-order valence-corrected chi connectivity index (χ4v) is 2.44. The van der Waals surface area contributed by atoms with Gasteiger partial charge in [-0.15, -0.1) is 0 Å². The van der Waals surface area contributed by atoms with E-state index in [4.69, 9.17) is 0 Å². The molecule has 2 aromatic rings. The van der Waals surface area contributed by atoms with Gasteiger partial charge in [0.05, 0.1) is 11.1 Å². The molecular weight excluding hydrogens is 347 g/mol. The van der Waals surface area contributed by atoms with Crippen molar-refractivity contribution in [3.63, 3.8) is 0 Å². The molecule has 104 valence electrons. The van der Waals surface area contributed by atoms with Crippen molar-refractivity contribution in [1.82, 2.24) is 4.83 Å². The minimum Gasteiger partial charge on any atom is -0.207 e. The molecule has 0 spiro atoms. The Morgan fingerprint density at radius 2 is 1.65 bits per heavy atom. The summed E-state index contributed by atoms with van der Waals surface area (Å²) in [5, 5.41) is 3.64. The van der Waals surface area contributed by atoms with Gasteiger partial charge < -0.3 is 0 Å². The number of benzene rings is 2. The number of halogens is 2. The minimum atomic E-state index is -3.70. The molecule has 0 unspecified atom stereocenters. The van der Waals surface area contributed by atoms with Crippen LogP contribution in [0.4, 0.5) is 4.39 Å². The Bertz CT molecular complexity index is 713. The number of hydrazone groups is 1. The van der Waals surface area contributed by atoms with Gasteiger partial charge in [0.2, 0.25) is 0 Å². The summed E-state index contributed by atoms with van der Waals surface area (Å²) in [6.07, 6.45) is 1.30. The number of sulfonamides is 1. The summed E-state index contributed by atoms with van der Waals surface area (Å²) in [6.45, 7) is 0. The molecule has 7 heteroatoms. The summed E-state index contributed by atoms with van der Waals surface area (Å²) in [5.41, 5.74) is 0.588. The molecule has 20 heavy (non-hydrogen) atoms. The minimum absolute atomic E-state index is 0.108. The molecule has 0 aliphatic carbocycles. The maximum Gasteiger partial charge on any atom is 0.276 e. The second-order valence-corrected chi connectivity index (χ2v) is 6.43. The van der Waals surface area contributed by atoms with Gasteiger partial charge in [-0.1, -0.05) is 28.1 Å². The van der Waals surface area contributed by atoms with Crippen molar-refractivity contribution in [1.29, 1.82) is 0 Å². The Hall–Kier alpha value is -1.73. The third-order valence-electron chi connectivity index (χ3n) is 2.38. The lowest BCUT2D eigenvalue weighted by atomic mass is 10.2. The molecule has 0 amide bonds. The Labute approximate surface area is 124 Å². The predicted molar refractivity (Wildman–Crippen MR) is 78.5 cm³/mol. The summed E-state index contributed by atoms with van der Waals surface area (Å²) >= 11 is 3.23. The molecule has 0 fully saturated rings. The zero-order chi connectivity index (χ0) is 14.6. The quantitative estimate of drug-likeness (QED) is 0.676. The van der Waals surface area contributed by atoms with E-state index < -0.39 is 10.0 Å². The van der Waals surface area contributed by atoms with E-state index >= 15 is 0 Å².